The van der Waals surface area contributed by atoms with E-state index in [9.17, 15) is 4.79 Å². The fraction of sp³-hybridized carbons (Fsp3) is 0.500. The first-order chi connectivity index (χ1) is 10.3. The third-order valence-electron chi connectivity index (χ3n) is 2.99. The summed E-state index contributed by atoms with van der Waals surface area (Å²) in [4.78, 5) is 12.9. The topological polar surface area (TPSA) is 77.2 Å². The number of aliphatic hydroxyl groups is 1. The lowest BCUT2D eigenvalue weighted by Crippen LogP contribution is -2.08. The van der Waals surface area contributed by atoms with Crippen molar-refractivity contribution in [2.75, 3.05) is 13.2 Å². The first-order valence-electron chi connectivity index (χ1n) is 7.03. The maximum Gasteiger partial charge on any atom is 0.361 e. The summed E-state index contributed by atoms with van der Waals surface area (Å²) >= 11 is 1.54. The number of rotatable bonds is 8. The van der Waals surface area contributed by atoms with Gasteiger partial charge in [0.1, 0.15) is 5.69 Å². The maximum atomic E-state index is 12.0. The van der Waals surface area contributed by atoms with Crippen molar-refractivity contribution < 1.29 is 14.6 Å². The van der Waals surface area contributed by atoms with E-state index in [1.807, 2.05) is 17.5 Å². The van der Waals surface area contributed by atoms with Crippen LogP contribution in [0.25, 0.3) is 10.6 Å². The predicted octanol–water partition coefficient (Wildman–Crippen LogP) is 2.35. The van der Waals surface area contributed by atoms with Gasteiger partial charge in [-0.25, -0.2) is 9.48 Å². The Balaban J connectivity index is 2.22. The molecule has 0 radical (unpaired) electrons. The van der Waals surface area contributed by atoms with Crippen LogP contribution in [0.4, 0.5) is 0 Å². The largest absolute Gasteiger partial charge is 0.461 e. The minimum absolute atomic E-state index is 0.198. The molecule has 2 aromatic rings. The zero-order valence-corrected chi connectivity index (χ0v) is 12.8. The second-order valence-corrected chi connectivity index (χ2v) is 5.44. The highest BCUT2D eigenvalue weighted by Gasteiger charge is 2.22. The van der Waals surface area contributed by atoms with Crippen molar-refractivity contribution in [1.29, 1.82) is 0 Å². The minimum atomic E-state index is -0.442. The Kier molecular flexibility index (Phi) is 5.89. The number of carbonyl (C=O) groups is 1. The molecule has 0 fully saturated rings. The Morgan fingerprint density at radius 3 is 2.95 bits per heavy atom. The number of ether oxygens (including phenoxy) is 1. The van der Waals surface area contributed by atoms with E-state index in [1.165, 1.54) is 11.3 Å². The van der Waals surface area contributed by atoms with Crippen LogP contribution in [0.15, 0.2) is 17.5 Å². The summed E-state index contributed by atoms with van der Waals surface area (Å²) in [6.07, 6.45) is 2.56. The number of aryl methyl sites for hydroxylation is 1. The molecule has 2 aromatic heterocycles. The number of carbonyl (C=O) groups excluding carboxylic acids is 1. The van der Waals surface area contributed by atoms with Crippen molar-refractivity contribution in [3.8, 4) is 10.6 Å². The molecule has 21 heavy (non-hydrogen) atoms. The van der Waals surface area contributed by atoms with E-state index in [-0.39, 0.29) is 12.3 Å². The van der Waals surface area contributed by atoms with Gasteiger partial charge >= 0.3 is 5.97 Å². The van der Waals surface area contributed by atoms with Crippen LogP contribution in [0.1, 0.15) is 36.7 Å². The Labute approximate surface area is 127 Å². The third-order valence-corrected chi connectivity index (χ3v) is 3.86. The predicted molar refractivity (Wildman–Crippen MR) is 80.2 cm³/mol. The second-order valence-electron chi connectivity index (χ2n) is 4.49. The molecule has 0 spiro atoms. The molecule has 0 amide bonds. The second kappa shape index (κ2) is 7.90. The van der Waals surface area contributed by atoms with Gasteiger partial charge in [-0.1, -0.05) is 11.3 Å². The molecule has 0 bridgehead atoms. The average Bonchev–Trinajstić information content (AvgIpc) is 3.12. The van der Waals surface area contributed by atoms with Gasteiger partial charge in [-0.05, 0) is 37.6 Å². The van der Waals surface area contributed by atoms with Crippen molar-refractivity contribution in [1.82, 2.24) is 15.0 Å². The van der Waals surface area contributed by atoms with Crippen LogP contribution < -0.4 is 0 Å². The third kappa shape index (κ3) is 3.89. The fourth-order valence-corrected chi connectivity index (χ4v) is 2.79. The molecule has 6 nitrogen and oxygen atoms in total. The van der Waals surface area contributed by atoms with Crippen LogP contribution >= 0.6 is 11.3 Å². The van der Waals surface area contributed by atoms with E-state index >= 15 is 0 Å². The van der Waals surface area contributed by atoms with Crippen molar-refractivity contribution in [2.45, 2.75) is 32.7 Å². The summed E-state index contributed by atoms with van der Waals surface area (Å²) in [7, 11) is 0. The fourth-order valence-electron chi connectivity index (χ4n) is 2.01. The molecule has 0 aliphatic heterocycles. The molecule has 0 saturated heterocycles. The SMILES string of the molecule is CCOC(=O)c1nnn(CCCCCO)c1-c1cccs1. The van der Waals surface area contributed by atoms with Gasteiger partial charge in [-0.3, -0.25) is 0 Å². The van der Waals surface area contributed by atoms with Gasteiger partial charge in [-0.2, -0.15) is 0 Å². The molecule has 0 saturated carbocycles. The lowest BCUT2D eigenvalue weighted by atomic mass is 10.2. The van der Waals surface area contributed by atoms with E-state index in [1.54, 1.807) is 11.6 Å². The highest BCUT2D eigenvalue weighted by molar-refractivity contribution is 7.13. The van der Waals surface area contributed by atoms with E-state index in [2.05, 4.69) is 10.3 Å². The van der Waals surface area contributed by atoms with Gasteiger partial charge in [0, 0.05) is 13.2 Å². The molecule has 0 aliphatic rings. The summed E-state index contributed by atoms with van der Waals surface area (Å²) in [5, 5.41) is 18.8. The Bertz CT molecular complexity index is 566. The molecular weight excluding hydrogens is 290 g/mol. The van der Waals surface area contributed by atoms with E-state index in [0.717, 1.165) is 24.1 Å². The summed E-state index contributed by atoms with van der Waals surface area (Å²) in [6, 6.07) is 3.87. The number of thiophene rings is 1. The van der Waals surface area contributed by atoms with E-state index in [0.29, 0.717) is 18.8 Å². The molecule has 0 atom stereocenters. The number of aromatic nitrogens is 3. The molecule has 2 heterocycles. The lowest BCUT2D eigenvalue weighted by Gasteiger charge is -2.06. The smallest absolute Gasteiger partial charge is 0.361 e. The summed E-state index contributed by atoms with van der Waals surface area (Å²) in [5.74, 6) is -0.442. The van der Waals surface area contributed by atoms with Crippen molar-refractivity contribution in [2.24, 2.45) is 0 Å². The molecule has 0 unspecified atom stereocenters. The summed E-state index contributed by atoms with van der Waals surface area (Å²) < 4.78 is 6.79. The van der Waals surface area contributed by atoms with Gasteiger partial charge in [0.25, 0.3) is 0 Å². The lowest BCUT2D eigenvalue weighted by molar-refractivity contribution is 0.0520. The van der Waals surface area contributed by atoms with Crippen molar-refractivity contribution in [3.05, 3.63) is 23.2 Å². The number of hydrogen-bond donors (Lipinski definition) is 1. The number of nitrogens with zero attached hydrogens (tertiary/aromatic N) is 3. The normalized spacial score (nSPS) is 10.8. The van der Waals surface area contributed by atoms with E-state index in [4.69, 9.17) is 9.84 Å². The summed E-state index contributed by atoms with van der Waals surface area (Å²) in [5.41, 5.74) is 0.980. The Hall–Kier alpha value is -1.73. The van der Waals surface area contributed by atoms with Gasteiger partial charge in [-0.15, -0.1) is 16.4 Å². The van der Waals surface area contributed by atoms with E-state index < -0.39 is 5.97 Å². The number of aliphatic hydroxyl groups excluding tert-OH is 1. The van der Waals surface area contributed by atoms with Crippen LogP contribution in [0.2, 0.25) is 0 Å². The highest BCUT2D eigenvalue weighted by atomic mass is 32.1. The van der Waals surface area contributed by atoms with Crippen LogP contribution in [0, 0.1) is 0 Å². The average molecular weight is 309 g/mol. The molecular formula is C14H19N3O3S. The van der Waals surface area contributed by atoms with Crippen LogP contribution in [0.5, 0.6) is 0 Å². The van der Waals surface area contributed by atoms with Crippen LogP contribution in [-0.4, -0.2) is 39.3 Å². The molecule has 0 aromatic carbocycles. The zero-order valence-electron chi connectivity index (χ0n) is 12.0. The number of hydrogen-bond acceptors (Lipinski definition) is 6. The van der Waals surface area contributed by atoms with Gasteiger partial charge in [0.15, 0.2) is 5.69 Å². The monoisotopic (exact) mass is 309 g/mol. The molecule has 0 aliphatic carbocycles. The van der Waals surface area contributed by atoms with Crippen molar-refractivity contribution in [3.63, 3.8) is 0 Å². The first kappa shape index (κ1) is 15.7. The van der Waals surface area contributed by atoms with Gasteiger partial charge in [0.2, 0.25) is 0 Å². The molecule has 2 rings (SSSR count). The molecule has 7 heteroatoms. The number of esters is 1. The maximum absolute atomic E-state index is 12.0. The van der Waals surface area contributed by atoms with Gasteiger partial charge in [0.05, 0.1) is 11.5 Å². The first-order valence-corrected chi connectivity index (χ1v) is 7.91. The summed E-state index contributed by atoms with van der Waals surface area (Å²) in [6.45, 7) is 2.94. The minimum Gasteiger partial charge on any atom is -0.461 e. The number of unbranched alkanes of at least 4 members (excludes halogenated alkanes) is 2. The van der Waals surface area contributed by atoms with Crippen LogP contribution in [0.3, 0.4) is 0 Å². The van der Waals surface area contributed by atoms with Crippen LogP contribution in [-0.2, 0) is 11.3 Å². The Morgan fingerprint density at radius 1 is 1.43 bits per heavy atom. The quantitative estimate of drug-likeness (QED) is 0.598. The standard InChI is InChI=1S/C14H19N3O3S/c1-2-20-14(19)12-13(11-7-6-10-21-11)17(16-15-12)8-4-3-5-9-18/h6-7,10,18H,2-5,8-9H2,1H3. The van der Waals surface area contributed by atoms with Gasteiger partial charge < -0.3 is 9.84 Å². The molecule has 114 valence electrons. The Morgan fingerprint density at radius 2 is 2.29 bits per heavy atom. The highest BCUT2D eigenvalue weighted by Crippen LogP contribution is 2.27. The zero-order chi connectivity index (χ0) is 15.1. The molecule has 1 N–H and O–H groups in total. The van der Waals surface area contributed by atoms with Crippen molar-refractivity contribution >= 4 is 17.3 Å².